The number of carboxylic acids is 1. The number of hydrogen-bond donors (Lipinski definition) is 4. The van der Waals surface area contributed by atoms with E-state index in [1.165, 1.54) is 19.3 Å². The highest BCUT2D eigenvalue weighted by Crippen LogP contribution is 1.94. The van der Waals surface area contributed by atoms with Gasteiger partial charge in [-0.05, 0) is 6.92 Å². The monoisotopic (exact) mass is 282 g/mol. The van der Waals surface area contributed by atoms with E-state index in [2.05, 4.69) is 20.6 Å². The lowest BCUT2D eigenvalue weighted by Gasteiger charge is -2.16. The van der Waals surface area contributed by atoms with E-state index in [1.54, 1.807) is 0 Å². The van der Waals surface area contributed by atoms with Gasteiger partial charge in [0, 0.05) is 12.4 Å². The minimum Gasteiger partial charge on any atom is -0.481 e. The Hall–Kier alpha value is -2.71. The van der Waals surface area contributed by atoms with Crippen molar-refractivity contribution in [3.8, 4) is 0 Å². The van der Waals surface area contributed by atoms with Gasteiger partial charge in [0.2, 0.25) is 5.91 Å². The van der Waals surface area contributed by atoms with E-state index >= 15 is 0 Å². The first-order valence-corrected chi connectivity index (χ1v) is 5.71. The molecule has 0 aliphatic rings. The average molecular weight is 282 g/mol. The van der Waals surface area contributed by atoms with E-state index in [-0.39, 0.29) is 5.82 Å². The van der Waals surface area contributed by atoms with Crippen LogP contribution >= 0.6 is 0 Å². The van der Waals surface area contributed by atoms with Gasteiger partial charge in [-0.25, -0.2) is 4.98 Å². The molecule has 1 aromatic rings. The maximum atomic E-state index is 11.7. The van der Waals surface area contributed by atoms with Crippen LogP contribution in [0.3, 0.4) is 0 Å². The summed E-state index contributed by atoms with van der Waals surface area (Å²) in [6.45, 7) is 1.40. The van der Waals surface area contributed by atoms with Crippen LogP contribution in [0.25, 0.3) is 0 Å². The molecule has 2 atom stereocenters. The number of carboxylic acid groups (broad SMARTS) is 1. The molecule has 0 fully saturated rings. The number of amides is 2. The predicted molar refractivity (Wildman–Crippen MR) is 65.8 cm³/mol. The first kappa shape index (κ1) is 15.3. The highest BCUT2D eigenvalue weighted by molar-refractivity contribution is 5.95. The Morgan fingerprint density at radius 3 is 2.65 bits per heavy atom. The van der Waals surface area contributed by atoms with E-state index in [0.29, 0.717) is 6.29 Å². The molecule has 20 heavy (non-hydrogen) atoms. The SMILES string of the molecule is CC(NC(=O)c1ncc[nH]1)C(=O)NC(C=O)CC(=O)O. The third kappa shape index (κ3) is 4.52. The summed E-state index contributed by atoms with van der Waals surface area (Å²) in [4.78, 5) is 50.7. The molecule has 1 rings (SSSR count). The van der Waals surface area contributed by atoms with Crippen LogP contribution in [-0.2, 0) is 14.4 Å². The fraction of sp³-hybridized carbons (Fsp3) is 0.364. The summed E-state index contributed by atoms with van der Waals surface area (Å²) in [7, 11) is 0. The lowest BCUT2D eigenvalue weighted by molar-refractivity contribution is -0.138. The third-order valence-electron chi connectivity index (χ3n) is 2.34. The topological polar surface area (TPSA) is 141 Å². The molecule has 9 nitrogen and oxygen atoms in total. The van der Waals surface area contributed by atoms with Crippen molar-refractivity contribution >= 4 is 24.1 Å². The number of aliphatic carboxylic acids is 1. The Labute approximate surface area is 113 Å². The molecule has 0 aliphatic heterocycles. The van der Waals surface area contributed by atoms with Crippen molar-refractivity contribution in [1.29, 1.82) is 0 Å². The van der Waals surface area contributed by atoms with Crippen molar-refractivity contribution in [2.45, 2.75) is 25.4 Å². The number of imidazole rings is 1. The van der Waals surface area contributed by atoms with Crippen molar-refractivity contribution in [3.05, 3.63) is 18.2 Å². The number of nitrogens with zero attached hydrogens (tertiary/aromatic N) is 1. The van der Waals surface area contributed by atoms with Crippen LogP contribution in [0.2, 0.25) is 0 Å². The van der Waals surface area contributed by atoms with Gasteiger partial charge in [-0.2, -0.15) is 0 Å². The minimum absolute atomic E-state index is 0.0436. The maximum Gasteiger partial charge on any atom is 0.305 e. The largest absolute Gasteiger partial charge is 0.481 e. The summed E-state index contributed by atoms with van der Waals surface area (Å²) in [5.74, 6) is -2.42. The van der Waals surface area contributed by atoms with Crippen LogP contribution in [0.1, 0.15) is 24.0 Å². The molecule has 0 saturated carbocycles. The smallest absolute Gasteiger partial charge is 0.305 e. The molecular formula is C11H14N4O5. The van der Waals surface area contributed by atoms with Gasteiger partial charge >= 0.3 is 5.97 Å². The zero-order chi connectivity index (χ0) is 15.1. The van der Waals surface area contributed by atoms with Crippen molar-refractivity contribution in [3.63, 3.8) is 0 Å². The van der Waals surface area contributed by atoms with Gasteiger partial charge in [0.1, 0.15) is 12.3 Å². The number of aromatic amines is 1. The lowest BCUT2D eigenvalue weighted by Crippen LogP contribution is -2.49. The predicted octanol–water partition coefficient (Wildman–Crippen LogP) is -1.31. The van der Waals surface area contributed by atoms with E-state index in [9.17, 15) is 19.2 Å². The minimum atomic E-state index is -1.21. The number of carbonyl (C=O) groups excluding carboxylic acids is 3. The molecule has 0 aliphatic carbocycles. The number of carbonyl (C=O) groups is 4. The van der Waals surface area contributed by atoms with Crippen LogP contribution in [0, 0.1) is 0 Å². The highest BCUT2D eigenvalue weighted by atomic mass is 16.4. The highest BCUT2D eigenvalue weighted by Gasteiger charge is 2.21. The molecule has 1 heterocycles. The number of aldehydes is 1. The van der Waals surface area contributed by atoms with Gasteiger partial charge < -0.3 is 25.5 Å². The van der Waals surface area contributed by atoms with E-state index < -0.39 is 36.3 Å². The molecule has 1 aromatic heterocycles. The molecule has 0 aromatic carbocycles. The second-order valence-electron chi connectivity index (χ2n) is 3.98. The summed E-state index contributed by atoms with van der Waals surface area (Å²) in [5, 5.41) is 13.1. The Bertz CT molecular complexity index is 499. The summed E-state index contributed by atoms with van der Waals surface area (Å²) >= 11 is 0. The molecule has 0 bridgehead atoms. The van der Waals surface area contributed by atoms with E-state index in [1.807, 2.05) is 0 Å². The molecule has 108 valence electrons. The number of rotatable bonds is 7. The summed E-state index contributed by atoms with van der Waals surface area (Å²) in [6, 6.07) is -2.08. The van der Waals surface area contributed by atoms with Crippen molar-refractivity contribution in [1.82, 2.24) is 20.6 Å². The standard InChI is InChI=1S/C11H14N4O5/c1-6(14-11(20)9-12-2-3-13-9)10(19)15-7(5-16)4-8(17)18/h2-3,5-7H,4H2,1H3,(H,12,13)(H,14,20)(H,15,19)(H,17,18). The van der Waals surface area contributed by atoms with Gasteiger partial charge in [-0.1, -0.05) is 0 Å². The fourth-order valence-electron chi connectivity index (χ4n) is 1.35. The van der Waals surface area contributed by atoms with E-state index in [0.717, 1.165) is 0 Å². The Morgan fingerprint density at radius 1 is 1.45 bits per heavy atom. The number of H-pyrrole nitrogens is 1. The normalized spacial score (nSPS) is 13.1. The van der Waals surface area contributed by atoms with Gasteiger partial charge in [0.05, 0.1) is 12.5 Å². The molecule has 0 radical (unpaired) electrons. The van der Waals surface area contributed by atoms with Crippen LogP contribution in [-0.4, -0.2) is 51.2 Å². The van der Waals surface area contributed by atoms with Crippen LogP contribution < -0.4 is 10.6 Å². The first-order chi connectivity index (χ1) is 9.43. The van der Waals surface area contributed by atoms with Crippen LogP contribution in [0.15, 0.2) is 12.4 Å². The van der Waals surface area contributed by atoms with Gasteiger partial charge in [0.15, 0.2) is 5.82 Å². The molecule has 0 spiro atoms. The summed E-state index contributed by atoms with van der Waals surface area (Å²) in [6.07, 6.45) is 2.64. The van der Waals surface area contributed by atoms with Crippen LogP contribution in [0.5, 0.6) is 0 Å². The van der Waals surface area contributed by atoms with Crippen molar-refractivity contribution in [2.75, 3.05) is 0 Å². The van der Waals surface area contributed by atoms with Crippen LogP contribution in [0.4, 0.5) is 0 Å². The molecule has 0 saturated heterocycles. The lowest BCUT2D eigenvalue weighted by atomic mass is 10.2. The molecule has 2 unspecified atom stereocenters. The second-order valence-corrected chi connectivity index (χ2v) is 3.98. The molecule has 9 heteroatoms. The number of hydrogen-bond acceptors (Lipinski definition) is 5. The number of nitrogens with one attached hydrogen (secondary N) is 3. The fourth-order valence-corrected chi connectivity index (χ4v) is 1.35. The van der Waals surface area contributed by atoms with Crippen molar-refractivity contribution < 1.29 is 24.3 Å². The Morgan fingerprint density at radius 2 is 2.15 bits per heavy atom. The third-order valence-corrected chi connectivity index (χ3v) is 2.34. The van der Waals surface area contributed by atoms with Gasteiger partial charge in [0.25, 0.3) is 5.91 Å². The number of aromatic nitrogens is 2. The van der Waals surface area contributed by atoms with Gasteiger partial charge in [-0.15, -0.1) is 0 Å². The molecule has 4 N–H and O–H groups in total. The summed E-state index contributed by atoms with van der Waals surface area (Å²) in [5.41, 5.74) is 0. The first-order valence-electron chi connectivity index (χ1n) is 5.71. The molecule has 2 amide bonds. The summed E-state index contributed by atoms with van der Waals surface area (Å²) < 4.78 is 0. The van der Waals surface area contributed by atoms with Gasteiger partial charge in [-0.3, -0.25) is 14.4 Å². The maximum absolute atomic E-state index is 11.7. The van der Waals surface area contributed by atoms with Crippen molar-refractivity contribution in [2.24, 2.45) is 0 Å². The zero-order valence-electron chi connectivity index (χ0n) is 10.6. The average Bonchev–Trinajstić information content (AvgIpc) is 2.90. The Balaban J connectivity index is 2.52. The quantitative estimate of drug-likeness (QED) is 0.457. The second kappa shape index (κ2) is 7.02. The molecular weight excluding hydrogens is 268 g/mol. The van der Waals surface area contributed by atoms with E-state index in [4.69, 9.17) is 5.11 Å². The zero-order valence-corrected chi connectivity index (χ0v) is 10.6. The Kier molecular flexibility index (Phi) is 5.39.